The number of morpholine rings is 1. The zero-order valence-electron chi connectivity index (χ0n) is 11.8. The number of benzene rings is 1. The van der Waals surface area contributed by atoms with Gasteiger partial charge < -0.3 is 15.5 Å². The van der Waals surface area contributed by atoms with Crippen molar-refractivity contribution in [2.45, 2.75) is 6.04 Å². The highest BCUT2D eigenvalue weighted by molar-refractivity contribution is 9.10. The molecule has 6 heteroatoms. The summed E-state index contributed by atoms with van der Waals surface area (Å²) in [4.78, 5) is 10.4. The molecule has 1 aliphatic rings. The van der Waals surface area contributed by atoms with Crippen LogP contribution in [-0.2, 0) is 4.74 Å². The van der Waals surface area contributed by atoms with Crippen molar-refractivity contribution < 1.29 is 4.74 Å². The fourth-order valence-corrected chi connectivity index (χ4v) is 3.20. The number of H-pyrrole nitrogens is 1. The van der Waals surface area contributed by atoms with E-state index in [4.69, 9.17) is 10.5 Å². The Morgan fingerprint density at radius 1 is 1.29 bits per heavy atom. The number of hydrogen-bond donors (Lipinski definition) is 2. The van der Waals surface area contributed by atoms with E-state index in [0.717, 1.165) is 48.0 Å². The van der Waals surface area contributed by atoms with Crippen LogP contribution in [0.5, 0.6) is 0 Å². The summed E-state index contributed by atoms with van der Waals surface area (Å²) in [5, 5.41) is 0. The topological polar surface area (TPSA) is 67.2 Å². The van der Waals surface area contributed by atoms with Gasteiger partial charge >= 0.3 is 0 Å². The Bertz CT molecular complexity index is 581. The van der Waals surface area contributed by atoms with Gasteiger partial charge in [0.2, 0.25) is 0 Å². The smallest absolute Gasteiger partial charge is 0.138 e. The Morgan fingerprint density at radius 3 is 2.67 bits per heavy atom. The van der Waals surface area contributed by atoms with Crippen LogP contribution < -0.4 is 5.73 Å². The first-order valence-corrected chi connectivity index (χ1v) is 7.91. The number of aromatic nitrogens is 2. The van der Waals surface area contributed by atoms with Gasteiger partial charge in [0.05, 0.1) is 24.9 Å². The lowest BCUT2D eigenvalue weighted by Gasteiger charge is -2.33. The van der Waals surface area contributed by atoms with Crippen LogP contribution in [0.15, 0.2) is 34.9 Å². The van der Waals surface area contributed by atoms with Crippen molar-refractivity contribution in [3.63, 3.8) is 0 Å². The second-order valence-electron chi connectivity index (χ2n) is 5.06. The Hall–Kier alpha value is -1.21. The molecule has 0 amide bonds. The normalized spacial score (nSPS) is 17.8. The maximum absolute atomic E-state index is 6.00. The standard InChI is InChI=1S/C15H19BrN4O/c16-14-13(12(10-17)20-6-8-21-9-7-20)18-15(19-14)11-4-2-1-3-5-11/h1-5,12H,6-10,17H2,(H,18,19). The summed E-state index contributed by atoms with van der Waals surface area (Å²) >= 11 is 3.57. The van der Waals surface area contributed by atoms with Crippen LogP contribution in [0.1, 0.15) is 11.7 Å². The first-order valence-electron chi connectivity index (χ1n) is 7.12. The number of hydrogen-bond acceptors (Lipinski definition) is 4. The number of halogens is 1. The predicted molar refractivity (Wildman–Crippen MR) is 85.9 cm³/mol. The highest BCUT2D eigenvalue weighted by Crippen LogP contribution is 2.29. The van der Waals surface area contributed by atoms with E-state index in [1.165, 1.54) is 0 Å². The van der Waals surface area contributed by atoms with Gasteiger partial charge in [-0.3, -0.25) is 4.90 Å². The summed E-state index contributed by atoms with van der Waals surface area (Å²) in [7, 11) is 0. The molecule has 2 aromatic rings. The van der Waals surface area contributed by atoms with Crippen molar-refractivity contribution >= 4 is 15.9 Å². The Kier molecular flexibility index (Phi) is 4.70. The Labute approximate surface area is 132 Å². The van der Waals surface area contributed by atoms with Crippen LogP contribution in [0.2, 0.25) is 0 Å². The molecule has 5 nitrogen and oxygen atoms in total. The zero-order valence-corrected chi connectivity index (χ0v) is 13.3. The average Bonchev–Trinajstić information content (AvgIpc) is 2.92. The minimum atomic E-state index is 0.133. The van der Waals surface area contributed by atoms with Gasteiger partial charge in [-0.15, -0.1) is 0 Å². The summed E-state index contributed by atoms with van der Waals surface area (Å²) in [5.41, 5.74) is 8.11. The maximum Gasteiger partial charge on any atom is 0.138 e. The fourth-order valence-electron chi connectivity index (χ4n) is 2.66. The van der Waals surface area contributed by atoms with Crippen LogP contribution in [-0.4, -0.2) is 47.7 Å². The maximum atomic E-state index is 6.00. The second-order valence-corrected chi connectivity index (χ2v) is 5.81. The van der Waals surface area contributed by atoms with Crippen molar-refractivity contribution in [3.8, 4) is 11.4 Å². The van der Waals surface area contributed by atoms with Crippen LogP contribution in [0.4, 0.5) is 0 Å². The van der Waals surface area contributed by atoms with Crippen molar-refractivity contribution in [3.05, 3.63) is 40.6 Å². The SMILES string of the molecule is NCC(c1[nH]c(-c2ccccc2)nc1Br)N1CCOCC1. The molecule has 0 radical (unpaired) electrons. The van der Waals surface area contributed by atoms with E-state index in [-0.39, 0.29) is 6.04 Å². The molecule has 0 saturated carbocycles. The molecule has 1 aliphatic heterocycles. The van der Waals surface area contributed by atoms with Crippen LogP contribution in [0.25, 0.3) is 11.4 Å². The average molecular weight is 351 g/mol. The van der Waals surface area contributed by atoms with E-state index in [1.807, 2.05) is 30.3 Å². The highest BCUT2D eigenvalue weighted by atomic mass is 79.9. The largest absolute Gasteiger partial charge is 0.379 e. The van der Waals surface area contributed by atoms with E-state index in [2.05, 4.69) is 30.8 Å². The lowest BCUT2D eigenvalue weighted by Crippen LogP contribution is -2.42. The molecule has 1 aromatic heterocycles. The number of nitrogens with two attached hydrogens (primary N) is 1. The van der Waals surface area contributed by atoms with Gasteiger partial charge in [0.15, 0.2) is 0 Å². The van der Waals surface area contributed by atoms with Gasteiger partial charge in [-0.2, -0.15) is 0 Å². The summed E-state index contributed by atoms with van der Waals surface area (Å²) in [6.07, 6.45) is 0. The molecule has 0 bridgehead atoms. The van der Waals surface area contributed by atoms with E-state index in [9.17, 15) is 0 Å². The second kappa shape index (κ2) is 6.70. The molecule has 1 saturated heterocycles. The van der Waals surface area contributed by atoms with Crippen LogP contribution in [0, 0.1) is 0 Å². The summed E-state index contributed by atoms with van der Waals surface area (Å²) < 4.78 is 6.25. The van der Waals surface area contributed by atoms with Gasteiger partial charge in [0, 0.05) is 25.2 Å². The summed E-state index contributed by atoms with van der Waals surface area (Å²) in [5.74, 6) is 0.865. The number of ether oxygens (including phenoxy) is 1. The van der Waals surface area contributed by atoms with Crippen LogP contribution >= 0.6 is 15.9 Å². The number of nitrogens with zero attached hydrogens (tertiary/aromatic N) is 2. The molecule has 0 spiro atoms. The van der Waals surface area contributed by atoms with Crippen molar-refractivity contribution in [2.75, 3.05) is 32.8 Å². The zero-order chi connectivity index (χ0) is 14.7. The summed E-state index contributed by atoms with van der Waals surface area (Å²) in [6, 6.07) is 10.2. The number of nitrogens with one attached hydrogen (secondary N) is 1. The van der Waals surface area contributed by atoms with Gasteiger partial charge in [-0.1, -0.05) is 30.3 Å². The molecule has 21 heavy (non-hydrogen) atoms. The molecule has 112 valence electrons. The third-order valence-corrected chi connectivity index (χ3v) is 4.38. The predicted octanol–water partition coefficient (Wildman–Crippen LogP) is 2.17. The van der Waals surface area contributed by atoms with E-state index >= 15 is 0 Å². The molecular formula is C15H19BrN4O. The molecular weight excluding hydrogens is 332 g/mol. The Morgan fingerprint density at radius 2 is 2.00 bits per heavy atom. The van der Waals surface area contributed by atoms with Gasteiger partial charge in [-0.05, 0) is 15.9 Å². The first-order chi connectivity index (χ1) is 10.3. The lowest BCUT2D eigenvalue weighted by atomic mass is 10.1. The molecule has 1 unspecified atom stereocenters. The Balaban J connectivity index is 1.88. The lowest BCUT2D eigenvalue weighted by molar-refractivity contribution is 0.0170. The minimum absolute atomic E-state index is 0.133. The van der Waals surface area contributed by atoms with Crippen molar-refractivity contribution in [1.29, 1.82) is 0 Å². The third-order valence-electron chi connectivity index (χ3n) is 3.78. The summed E-state index contributed by atoms with van der Waals surface area (Å²) in [6.45, 7) is 3.86. The van der Waals surface area contributed by atoms with E-state index in [1.54, 1.807) is 0 Å². The molecule has 3 N–H and O–H groups in total. The highest BCUT2D eigenvalue weighted by Gasteiger charge is 2.25. The van der Waals surface area contributed by atoms with Crippen molar-refractivity contribution in [1.82, 2.24) is 14.9 Å². The fraction of sp³-hybridized carbons (Fsp3) is 0.400. The number of imidazole rings is 1. The molecule has 1 fully saturated rings. The molecule has 1 atom stereocenters. The van der Waals surface area contributed by atoms with Gasteiger partial charge in [0.1, 0.15) is 10.4 Å². The third kappa shape index (κ3) is 3.18. The first kappa shape index (κ1) is 14.7. The molecule has 2 heterocycles. The van der Waals surface area contributed by atoms with E-state index < -0.39 is 0 Å². The molecule has 3 rings (SSSR count). The van der Waals surface area contributed by atoms with Crippen LogP contribution in [0.3, 0.4) is 0 Å². The van der Waals surface area contributed by atoms with Crippen molar-refractivity contribution in [2.24, 2.45) is 5.73 Å². The van der Waals surface area contributed by atoms with Gasteiger partial charge in [-0.25, -0.2) is 4.98 Å². The monoisotopic (exact) mass is 350 g/mol. The van der Waals surface area contributed by atoms with Gasteiger partial charge in [0.25, 0.3) is 0 Å². The number of aromatic amines is 1. The van der Waals surface area contributed by atoms with E-state index in [0.29, 0.717) is 6.54 Å². The molecule has 0 aliphatic carbocycles. The minimum Gasteiger partial charge on any atom is -0.379 e. The quantitative estimate of drug-likeness (QED) is 0.886. The number of rotatable bonds is 4. The molecule has 1 aromatic carbocycles.